The van der Waals surface area contributed by atoms with Gasteiger partial charge in [0.05, 0.1) is 7.11 Å². The number of aryl methyl sites for hydroxylation is 1. The van der Waals surface area contributed by atoms with Gasteiger partial charge in [0, 0.05) is 24.9 Å². The lowest BCUT2D eigenvalue weighted by Crippen LogP contribution is -2.04. The number of ether oxygens (including phenoxy) is 1. The summed E-state index contributed by atoms with van der Waals surface area (Å²) in [4.78, 5) is 11.1. The van der Waals surface area contributed by atoms with Crippen LogP contribution in [0.2, 0.25) is 0 Å². The molecule has 106 valence electrons. The predicted octanol–water partition coefficient (Wildman–Crippen LogP) is 3.42. The van der Waals surface area contributed by atoms with Gasteiger partial charge in [0.2, 0.25) is 0 Å². The van der Waals surface area contributed by atoms with Crippen LogP contribution in [0.1, 0.15) is 30.5 Å². The Balaban J connectivity index is 1.84. The molecule has 0 aliphatic heterocycles. The van der Waals surface area contributed by atoms with E-state index in [9.17, 15) is 4.79 Å². The summed E-state index contributed by atoms with van der Waals surface area (Å²) in [6.45, 7) is 0.903. The van der Waals surface area contributed by atoms with Gasteiger partial charge in [-0.2, -0.15) is 0 Å². The van der Waals surface area contributed by atoms with E-state index in [0.29, 0.717) is 6.42 Å². The smallest absolute Gasteiger partial charge is 0.305 e. The van der Waals surface area contributed by atoms with Crippen LogP contribution in [0.25, 0.3) is 0 Å². The molecule has 0 bridgehead atoms. The molecule has 1 aromatic carbocycles. The van der Waals surface area contributed by atoms with E-state index in [1.807, 2.05) is 6.07 Å². The summed E-state index contributed by atoms with van der Waals surface area (Å²) in [5.74, 6) is -0.121. The molecule has 20 heavy (non-hydrogen) atoms. The second-order valence-electron chi connectivity index (χ2n) is 4.90. The van der Waals surface area contributed by atoms with Crippen molar-refractivity contribution in [2.75, 3.05) is 7.11 Å². The van der Waals surface area contributed by atoms with Gasteiger partial charge in [-0.05, 0) is 37.0 Å². The van der Waals surface area contributed by atoms with Crippen LogP contribution in [0, 0.1) is 0 Å². The molecule has 0 saturated heterocycles. The van der Waals surface area contributed by atoms with Crippen LogP contribution >= 0.6 is 0 Å². The van der Waals surface area contributed by atoms with Crippen molar-refractivity contribution in [1.29, 1.82) is 0 Å². The lowest BCUT2D eigenvalue weighted by atomic mass is 10.1. The monoisotopic (exact) mass is 271 g/mol. The minimum Gasteiger partial charge on any atom is -0.469 e. The number of nitrogens with zero attached hydrogens (tertiary/aromatic N) is 1. The van der Waals surface area contributed by atoms with Gasteiger partial charge in [-0.1, -0.05) is 30.3 Å². The van der Waals surface area contributed by atoms with E-state index < -0.39 is 0 Å². The number of hydrogen-bond acceptors (Lipinski definition) is 2. The SMILES string of the molecule is COC(=O)CCCCc1cccn1Cc1ccccc1. The maximum atomic E-state index is 11.1. The van der Waals surface area contributed by atoms with Crippen molar-refractivity contribution in [3.63, 3.8) is 0 Å². The molecule has 0 unspecified atom stereocenters. The highest BCUT2D eigenvalue weighted by atomic mass is 16.5. The second-order valence-corrected chi connectivity index (χ2v) is 4.90. The molecule has 1 aromatic heterocycles. The third-order valence-electron chi connectivity index (χ3n) is 3.41. The maximum absolute atomic E-state index is 11.1. The number of carbonyl (C=O) groups excluding carboxylic acids is 1. The zero-order chi connectivity index (χ0) is 14.2. The molecule has 0 aliphatic rings. The van der Waals surface area contributed by atoms with Crippen LogP contribution in [0.3, 0.4) is 0 Å². The molecule has 2 rings (SSSR count). The summed E-state index contributed by atoms with van der Waals surface area (Å²) < 4.78 is 6.92. The largest absolute Gasteiger partial charge is 0.469 e. The fourth-order valence-corrected chi connectivity index (χ4v) is 2.29. The molecule has 2 aromatic rings. The van der Waals surface area contributed by atoms with E-state index in [0.717, 1.165) is 25.8 Å². The number of aromatic nitrogens is 1. The Hall–Kier alpha value is -2.03. The van der Waals surface area contributed by atoms with Gasteiger partial charge in [-0.3, -0.25) is 4.79 Å². The summed E-state index contributed by atoms with van der Waals surface area (Å²) >= 11 is 0. The summed E-state index contributed by atoms with van der Waals surface area (Å²) in [6, 6.07) is 14.7. The summed E-state index contributed by atoms with van der Waals surface area (Å²) in [5.41, 5.74) is 2.62. The molecule has 3 heteroatoms. The highest BCUT2D eigenvalue weighted by molar-refractivity contribution is 5.68. The van der Waals surface area contributed by atoms with Crippen LogP contribution < -0.4 is 0 Å². The van der Waals surface area contributed by atoms with E-state index in [2.05, 4.69) is 51.9 Å². The van der Waals surface area contributed by atoms with Crippen LogP contribution in [-0.4, -0.2) is 17.6 Å². The van der Waals surface area contributed by atoms with Gasteiger partial charge >= 0.3 is 5.97 Å². The number of esters is 1. The van der Waals surface area contributed by atoms with Crippen molar-refractivity contribution in [3.05, 3.63) is 59.9 Å². The number of carbonyl (C=O) groups is 1. The maximum Gasteiger partial charge on any atom is 0.305 e. The Kier molecular flexibility index (Phi) is 5.42. The van der Waals surface area contributed by atoms with Crippen molar-refractivity contribution in [1.82, 2.24) is 4.57 Å². The molecule has 0 atom stereocenters. The Morgan fingerprint density at radius 1 is 1.10 bits per heavy atom. The third-order valence-corrected chi connectivity index (χ3v) is 3.41. The minimum absolute atomic E-state index is 0.121. The molecule has 0 N–H and O–H groups in total. The topological polar surface area (TPSA) is 31.2 Å². The normalized spacial score (nSPS) is 10.4. The first-order chi connectivity index (χ1) is 9.79. The van der Waals surface area contributed by atoms with Gasteiger partial charge in [0.1, 0.15) is 0 Å². The molecular formula is C17H21NO2. The number of rotatable bonds is 7. The number of hydrogen-bond donors (Lipinski definition) is 0. The fraction of sp³-hybridized carbons (Fsp3) is 0.353. The molecule has 0 amide bonds. The van der Waals surface area contributed by atoms with Crippen molar-refractivity contribution >= 4 is 5.97 Å². The van der Waals surface area contributed by atoms with Crippen LogP contribution in [-0.2, 0) is 22.5 Å². The van der Waals surface area contributed by atoms with Crippen molar-refractivity contribution < 1.29 is 9.53 Å². The molecule has 3 nitrogen and oxygen atoms in total. The minimum atomic E-state index is -0.121. The molecule has 0 spiro atoms. The van der Waals surface area contributed by atoms with E-state index in [1.165, 1.54) is 18.4 Å². The van der Waals surface area contributed by atoms with Crippen LogP contribution in [0.15, 0.2) is 48.7 Å². The first-order valence-corrected chi connectivity index (χ1v) is 7.04. The molecule has 1 heterocycles. The molecule has 0 fully saturated rings. The average molecular weight is 271 g/mol. The van der Waals surface area contributed by atoms with E-state index >= 15 is 0 Å². The molecule has 0 aliphatic carbocycles. The van der Waals surface area contributed by atoms with Gasteiger partial charge < -0.3 is 9.30 Å². The van der Waals surface area contributed by atoms with E-state index in [4.69, 9.17) is 0 Å². The van der Waals surface area contributed by atoms with Crippen molar-refractivity contribution in [2.24, 2.45) is 0 Å². The van der Waals surface area contributed by atoms with Crippen molar-refractivity contribution in [3.8, 4) is 0 Å². The number of methoxy groups -OCH3 is 1. The number of benzene rings is 1. The van der Waals surface area contributed by atoms with E-state index in [-0.39, 0.29) is 5.97 Å². The summed E-state index contributed by atoms with van der Waals surface area (Å²) in [6.07, 6.45) is 5.51. The van der Waals surface area contributed by atoms with Crippen LogP contribution in [0.4, 0.5) is 0 Å². The van der Waals surface area contributed by atoms with E-state index in [1.54, 1.807) is 0 Å². The molecule has 0 radical (unpaired) electrons. The number of unbranched alkanes of at least 4 members (excludes halogenated alkanes) is 1. The zero-order valence-electron chi connectivity index (χ0n) is 11.9. The third kappa shape index (κ3) is 4.26. The van der Waals surface area contributed by atoms with Crippen LogP contribution in [0.5, 0.6) is 0 Å². The standard InChI is InChI=1S/C17H21NO2/c1-20-17(19)12-6-5-10-16-11-7-13-18(16)14-15-8-3-2-4-9-15/h2-4,7-9,11,13H,5-6,10,12,14H2,1H3. The Morgan fingerprint density at radius 2 is 1.90 bits per heavy atom. The quantitative estimate of drug-likeness (QED) is 0.570. The Labute approximate surface area is 120 Å². The zero-order valence-corrected chi connectivity index (χ0v) is 11.9. The summed E-state index contributed by atoms with van der Waals surface area (Å²) in [5, 5.41) is 0. The first-order valence-electron chi connectivity index (χ1n) is 7.04. The lowest BCUT2D eigenvalue weighted by Gasteiger charge is -2.09. The van der Waals surface area contributed by atoms with Crippen molar-refractivity contribution in [2.45, 2.75) is 32.2 Å². The van der Waals surface area contributed by atoms with Gasteiger partial charge in [-0.25, -0.2) is 0 Å². The molecule has 0 saturated carbocycles. The van der Waals surface area contributed by atoms with Gasteiger partial charge in [-0.15, -0.1) is 0 Å². The average Bonchev–Trinajstić information content (AvgIpc) is 2.91. The van der Waals surface area contributed by atoms with Gasteiger partial charge in [0.15, 0.2) is 0 Å². The fourth-order valence-electron chi connectivity index (χ4n) is 2.29. The molecular weight excluding hydrogens is 250 g/mol. The Morgan fingerprint density at radius 3 is 2.65 bits per heavy atom. The Bertz CT molecular complexity index is 531. The first kappa shape index (κ1) is 14.4. The second kappa shape index (κ2) is 7.53. The lowest BCUT2D eigenvalue weighted by molar-refractivity contribution is -0.140. The summed E-state index contributed by atoms with van der Waals surface area (Å²) in [7, 11) is 1.44. The highest BCUT2D eigenvalue weighted by Gasteiger charge is 2.04. The predicted molar refractivity (Wildman–Crippen MR) is 79.5 cm³/mol. The van der Waals surface area contributed by atoms with Gasteiger partial charge in [0.25, 0.3) is 0 Å². The highest BCUT2D eigenvalue weighted by Crippen LogP contribution is 2.11.